The van der Waals surface area contributed by atoms with E-state index in [1.54, 1.807) is 6.92 Å². The molecule has 0 aliphatic rings. The van der Waals surface area contributed by atoms with Gasteiger partial charge in [0.25, 0.3) is 0 Å². The number of halogens is 2. The Bertz CT molecular complexity index is 719. The Labute approximate surface area is 126 Å². The van der Waals surface area contributed by atoms with Gasteiger partial charge in [0.05, 0.1) is 4.90 Å². The van der Waals surface area contributed by atoms with Crippen molar-refractivity contribution in [2.75, 3.05) is 0 Å². The first kappa shape index (κ1) is 15.2. The molecule has 2 rings (SSSR count). The summed E-state index contributed by atoms with van der Waals surface area (Å²) in [6.45, 7) is 1.73. The lowest BCUT2D eigenvalue weighted by atomic mass is 10.1. The number of benzene rings is 2. The number of hydrogen-bond donors (Lipinski definition) is 1. The third-order valence-corrected chi connectivity index (χ3v) is 4.82. The molecule has 2 aromatic rings. The summed E-state index contributed by atoms with van der Waals surface area (Å²) < 4.78 is 40.8. The van der Waals surface area contributed by atoms with Crippen LogP contribution in [0.1, 0.15) is 18.5 Å². The molecule has 3 nitrogen and oxygen atoms in total. The summed E-state index contributed by atoms with van der Waals surface area (Å²) in [7, 11) is -3.75. The highest BCUT2D eigenvalue weighted by Crippen LogP contribution is 2.20. The minimum absolute atomic E-state index is 0.0839. The largest absolute Gasteiger partial charge is 0.241 e. The van der Waals surface area contributed by atoms with Crippen LogP contribution in [-0.4, -0.2) is 8.42 Å². The van der Waals surface area contributed by atoms with Crippen molar-refractivity contribution in [3.63, 3.8) is 0 Å². The fraction of sp³-hybridized carbons (Fsp3) is 0.143. The van der Waals surface area contributed by atoms with Crippen molar-refractivity contribution in [2.45, 2.75) is 17.9 Å². The van der Waals surface area contributed by atoms with Gasteiger partial charge in [-0.1, -0.05) is 34.1 Å². The lowest BCUT2D eigenvalue weighted by molar-refractivity contribution is 0.564. The van der Waals surface area contributed by atoms with Crippen LogP contribution in [0.4, 0.5) is 4.39 Å². The summed E-state index contributed by atoms with van der Waals surface area (Å²) in [5.41, 5.74) is 0.819. The fourth-order valence-electron chi connectivity index (χ4n) is 1.78. The summed E-state index contributed by atoms with van der Waals surface area (Å²) in [6, 6.07) is 11.9. The molecule has 0 aliphatic carbocycles. The number of rotatable bonds is 4. The zero-order valence-corrected chi connectivity index (χ0v) is 13.1. The van der Waals surface area contributed by atoms with Gasteiger partial charge in [-0.25, -0.2) is 17.5 Å². The molecule has 0 saturated carbocycles. The third-order valence-electron chi connectivity index (χ3n) is 2.79. The normalized spacial score (nSPS) is 13.2. The molecule has 0 aliphatic heterocycles. The molecule has 20 heavy (non-hydrogen) atoms. The molecule has 106 valence electrons. The number of hydrogen-bond acceptors (Lipinski definition) is 2. The first-order valence-electron chi connectivity index (χ1n) is 5.92. The smallest absolute Gasteiger partial charge is 0.207 e. The van der Waals surface area contributed by atoms with E-state index in [-0.39, 0.29) is 4.90 Å². The molecule has 0 spiro atoms. The van der Waals surface area contributed by atoms with Crippen molar-refractivity contribution < 1.29 is 12.8 Å². The summed E-state index contributed by atoms with van der Waals surface area (Å²) in [5, 5.41) is 0. The van der Waals surface area contributed by atoms with E-state index >= 15 is 0 Å². The zero-order valence-electron chi connectivity index (χ0n) is 10.7. The molecule has 2 aromatic carbocycles. The summed E-state index contributed by atoms with van der Waals surface area (Å²) in [6.07, 6.45) is 0. The van der Waals surface area contributed by atoms with E-state index in [4.69, 9.17) is 0 Å². The van der Waals surface area contributed by atoms with Crippen LogP contribution in [0.5, 0.6) is 0 Å². The van der Waals surface area contributed by atoms with Crippen molar-refractivity contribution in [3.05, 3.63) is 64.4 Å². The van der Waals surface area contributed by atoms with Crippen molar-refractivity contribution in [2.24, 2.45) is 0 Å². The highest BCUT2D eigenvalue weighted by molar-refractivity contribution is 9.10. The van der Waals surface area contributed by atoms with Crippen LogP contribution in [0.15, 0.2) is 57.9 Å². The minimum atomic E-state index is -3.75. The molecule has 0 aromatic heterocycles. The maximum absolute atomic E-state index is 13.1. The van der Waals surface area contributed by atoms with Crippen molar-refractivity contribution in [1.82, 2.24) is 4.72 Å². The Hall–Kier alpha value is -1.24. The van der Waals surface area contributed by atoms with Gasteiger partial charge in [-0.3, -0.25) is 0 Å². The monoisotopic (exact) mass is 357 g/mol. The van der Waals surface area contributed by atoms with Crippen molar-refractivity contribution in [3.8, 4) is 0 Å². The number of nitrogens with one attached hydrogen (secondary N) is 1. The first-order chi connectivity index (χ1) is 9.38. The molecular weight excluding hydrogens is 345 g/mol. The minimum Gasteiger partial charge on any atom is -0.207 e. The maximum atomic E-state index is 13.1. The van der Waals surface area contributed by atoms with E-state index in [1.807, 2.05) is 24.3 Å². The van der Waals surface area contributed by atoms with Crippen LogP contribution in [0.25, 0.3) is 0 Å². The Kier molecular flexibility index (Phi) is 4.57. The molecule has 0 heterocycles. The first-order valence-corrected chi connectivity index (χ1v) is 8.19. The van der Waals surface area contributed by atoms with Crippen molar-refractivity contribution >= 4 is 26.0 Å². The standard InChI is InChI=1S/C14H13BrFNO2S/c1-10(11-4-2-5-12(15)8-11)17-20(18,19)14-7-3-6-13(16)9-14/h2-10,17H,1H3/t10-/m1/s1. The molecule has 0 bridgehead atoms. The second-order valence-electron chi connectivity index (χ2n) is 4.36. The van der Waals surface area contributed by atoms with Gasteiger partial charge in [0, 0.05) is 10.5 Å². The highest BCUT2D eigenvalue weighted by Gasteiger charge is 2.18. The molecule has 0 amide bonds. The van der Waals surface area contributed by atoms with Crippen LogP contribution in [0.2, 0.25) is 0 Å². The molecule has 1 N–H and O–H groups in total. The zero-order chi connectivity index (χ0) is 14.8. The van der Waals surface area contributed by atoms with Crippen LogP contribution in [-0.2, 0) is 10.0 Å². The van der Waals surface area contributed by atoms with E-state index < -0.39 is 21.9 Å². The quantitative estimate of drug-likeness (QED) is 0.907. The van der Waals surface area contributed by atoms with Crippen LogP contribution < -0.4 is 4.72 Å². The second kappa shape index (κ2) is 6.03. The summed E-state index contributed by atoms with van der Waals surface area (Å²) >= 11 is 3.34. The second-order valence-corrected chi connectivity index (χ2v) is 6.99. The van der Waals surface area contributed by atoms with E-state index in [0.29, 0.717) is 0 Å². The van der Waals surface area contributed by atoms with Crippen molar-refractivity contribution in [1.29, 1.82) is 0 Å². The Morgan fingerprint density at radius 1 is 1.15 bits per heavy atom. The van der Waals surface area contributed by atoms with Gasteiger partial charge in [-0.15, -0.1) is 0 Å². The molecule has 0 fully saturated rings. The summed E-state index contributed by atoms with van der Waals surface area (Å²) in [5.74, 6) is -0.581. The Morgan fingerprint density at radius 2 is 1.85 bits per heavy atom. The lowest BCUT2D eigenvalue weighted by Crippen LogP contribution is -2.27. The Balaban J connectivity index is 2.24. The van der Waals surface area contributed by atoms with E-state index in [9.17, 15) is 12.8 Å². The number of sulfonamides is 1. The average Bonchev–Trinajstić information content (AvgIpc) is 2.38. The highest BCUT2D eigenvalue weighted by atomic mass is 79.9. The average molecular weight is 358 g/mol. The van der Waals surface area contributed by atoms with Crippen LogP contribution in [0.3, 0.4) is 0 Å². The van der Waals surface area contributed by atoms with Gasteiger partial charge >= 0.3 is 0 Å². The van der Waals surface area contributed by atoms with E-state index in [2.05, 4.69) is 20.7 Å². The van der Waals surface area contributed by atoms with Gasteiger partial charge in [0.1, 0.15) is 5.82 Å². The molecular formula is C14H13BrFNO2S. The molecule has 6 heteroatoms. The van der Waals surface area contributed by atoms with E-state index in [1.165, 1.54) is 18.2 Å². The van der Waals surface area contributed by atoms with Gasteiger partial charge in [-0.05, 0) is 42.8 Å². The van der Waals surface area contributed by atoms with Crippen LogP contribution in [0, 0.1) is 5.82 Å². The predicted octanol–water partition coefficient (Wildman–Crippen LogP) is 3.63. The van der Waals surface area contributed by atoms with Gasteiger partial charge < -0.3 is 0 Å². The van der Waals surface area contributed by atoms with E-state index in [0.717, 1.165) is 16.1 Å². The topological polar surface area (TPSA) is 46.2 Å². The molecule has 1 atom stereocenters. The van der Waals surface area contributed by atoms with Gasteiger partial charge in [-0.2, -0.15) is 0 Å². The lowest BCUT2D eigenvalue weighted by Gasteiger charge is -2.15. The van der Waals surface area contributed by atoms with Crippen LogP contribution >= 0.6 is 15.9 Å². The van der Waals surface area contributed by atoms with Gasteiger partial charge in [0.15, 0.2) is 0 Å². The Morgan fingerprint density at radius 3 is 2.50 bits per heavy atom. The molecule has 0 radical (unpaired) electrons. The maximum Gasteiger partial charge on any atom is 0.241 e. The summed E-state index contributed by atoms with van der Waals surface area (Å²) in [4.78, 5) is -0.0839. The molecule has 0 unspecified atom stereocenters. The fourth-order valence-corrected chi connectivity index (χ4v) is 3.46. The van der Waals surface area contributed by atoms with Gasteiger partial charge in [0.2, 0.25) is 10.0 Å². The SMILES string of the molecule is C[C@@H](NS(=O)(=O)c1cccc(F)c1)c1cccc(Br)c1. The predicted molar refractivity (Wildman–Crippen MR) is 79.3 cm³/mol. The molecule has 0 saturated heterocycles. The third kappa shape index (κ3) is 3.65.